The van der Waals surface area contributed by atoms with E-state index in [1.165, 1.54) is 18.5 Å². The molecular weight excluding hydrogens is 282 g/mol. The lowest BCUT2D eigenvalue weighted by atomic mass is 10.2. The number of nitrogens with zero attached hydrogens (tertiary/aromatic N) is 2. The van der Waals surface area contributed by atoms with Gasteiger partial charge in [0.25, 0.3) is 5.91 Å². The molecule has 1 fully saturated rings. The van der Waals surface area contributed by atoms with Crippen LogP contribution in [-0.4, -0.2) is 42.3 Å². The number of carbonyl (C=O) groups is 1. The van der Waals surface area contributed by atoms with Crippen LogP contribution in [0.1, 0.15) is 10.4 Å². The van der Waals surface area contributed by atoms with Crippen molar-refractivity contribution in [3.63, 3.8) is 0 Å². The molecule has 0 bridgehead atoms. The molecule has 2 N–H and O–H groups in total. The molecule has 1 aliphatic rings. The van der Waals surface area contributed by atoms with Gasteiger partial charge in [-0.05, 0) is 18.2 Å². The lowest BCUT2D eigenvalue weighted by Crippen LogP contribution is -2.36. The number of amides is 1. The maximum absolute atomic E-state index is 12.3. The molecule has 0 radical (unpaired) electrons. The van der Waals surface area contributed by atoms with Crippen LogP contribution in [0.4, 0.5) is 11.4 Å². The summed E-state index contributed by atoms with van der Waals surface area (Å²) in [7, 11) is 0. The zero-order chi connectivity index (χ0) is 15.4. The normalized spacial score (nSPS) is 14.6. The number of benzene rings is 1. The second-order valence-electron chi connectivity index (χ2n) is 5.00. The number of ether oxygens (including phenoxy) is 1. The highest BCUT2D eigenvalue weighted by Gasteiger charge is 2.16. The van der Waals surface area contributed by atoms with Gasteiger partial charge in [0.15, 0.2) is 0 Å². The Hall–Kier alpha value is -2.60. The van der Waals surface area contributed by atoms with E-state index in [0.29, 0.717) is 18.8 Å². The summed E-state index contributed by atoms with van der Waals surface area (Å²) in [5.74, 6) is -0.335. The molecule has 1 aromatic carbocycles. The van der Waals surface area contributed by atoms with Crippen LogP contribution in [0.25, 0.3) is 0 Å². The maximum atomic E-state index is 12.3. The standard InChI is InChI=1S/C16H17N3O3/c20-13-9-12(10-17-11-13)16(21)18-14-3-1-2-4-15(14)19-5-7-22-8-6-19/h1-4,9-11,20H,5-8H2,(H,18,21). The molecule has 1 amide bonds. The Kier molecular flexibility index (Phi) is 4.20. The SMILES string of the molecule is O=C(Nc1ccccc1N1CCOCC1)c1cncc(O)c1. The van der Waals surface area contributed by atoms with E-state index in [4.69, 9.17) is 4.74 Å². The fourth-order valence-corrected chi connectivity index (χ4v) is 2.41. The Bertz CT molecular complexity index is 669. The number of carbonyl (C=O) groups excluding carboxylic acids is 1. The van der Waals surface area contributed by atoms with Gasteiger partial charge in [0, 0.05) is 19.3 Å². The fraction of sp³-hybridized carbons (Fsp3) is 0.250. The first kappa shape index (κ1) is 14.3. The smallest absolute Gasteiger partial charge is 0.257 e. The fourth-order valence-electron chi connectivity index (χ4n) is 2.41. The van der Waals surface area contributed by atoms with Gasteiger partial charge in [-0.1, -0.05) is 12.1 Å². The van der Waals surface area contributed by atoms with Crippen LogP contribution >= 0.6 is 0 Å². The van der Waals surface area contributed by atoms with Gasteiger partial charge in [-0.25, -0.2) is 0 Å². The first-order valence-corrected chi connectivity index (χ1v) is 7.11. The first-order chi connectivity index (χ1) is 10.7. The summed E-state index contributed by atoms with van der Waals surface area (Å²) in [6.45, 7) is 2.94. The lowest BCUT2D eigenvalue weighted by molar-refractivity contribution is 0.102. The van der Waals surface area contributed by atoms with Crippen molar-refractivity contribution in [3.8, 4) is 5.75 Å². The Balaban J connectivity index is 1.81. The van der Waals surface area contributed by atoms with Gasteiger partial charge in [-0.3, -0.25) is 9.78 Å². The zero-order valence-corrected chi connectivity index (χ0v) is 12.0. The van der Waals surface area contributed by atoms with E-state index in [0.717, 1.165) is 24.5 Å². The average Bonchev–Trinajstić information content (AvgIpc) is 2.56. The zero-order valence-electron chi connectivity index (χ0n) is 12.0. The third-order valence-electron chi connectivity index (χ3n) is 3.49. The molecule has 0 spiro atoms. The van der Waals surface area contributed by atoms with Gasteiger partial charge < -0.3 is 20.1 Å². The molecule has 3 rings (SSSR count). The average molecular weight is 299 g/mol. The van der Waals surface area contributed by atoms with Crippen LogP contribution in [0, 0.1) is 0 Å². The molecule has 1 aliphatic heterocycles. The molecule has 114 valence electrons. The van der Waals surface area contributed by atoms with Crippen molar-refractivity contribution in [1.82, 2.24) is 4.98 Å². The van der Waals surface area contributed by atoms with Crippen molar-refractivity contribution >= 4 is 17.3 Å². The summed E-state index contributed by atoms with van der Waals surface area (Å²) < 4.78 is 5.36. The third kappa shape index (κ3) is 3.17. The lowest BCUT2D eigenvalue weighted by Gasteiger charge is -2.30. The molecule has 0 unspecified atom stereocenters. The Labute approximate surface area is 128 Å². The van der Waals surface area contributed by atoms with Crippen LogP contribution in [0.5, 0.6) is 5.75 Å². The number of morpholine rings is 1. The minimum atomic E-state index is -0.302. The highest BCUT2D eigenvalue weighted by molar-refractivity contribution is 6.05. The van der Waals surface area contributed by atoms with Gasteiger partial charge in [0.05, 0.1) is 36.3 Å². The highest BCUT2D eigenvalue weighted by atomic mass is 16.5. The molecule has 1 aromatic heterocycles. The number of rotatable bonds is 3. The van der Waals surface area contributed by atoms with Crippen LogP contribution in [0.3, 0.4) is 0 Å². The largest absolute Gasteiger partial charge is 0.506 e. The molecule has 2 aromatic rings. The molecule has 22 heavy (non-hydrogen) atoms. The van der Waals surface area contributed by atoms with E-state index < -0.39 is 0 Å². The number of hydrogen-bond acceptors (Lipinski definition) is 5. The van der Waals surface area contributed by atoms with E-state index in [1.54, 1.807) is 0 Å². The van der Waals surface area contributed by atoms with Crippen LogP contribution in [-0.2, 0) is 4.74 Å². The number of anilines is 2. The molecule has 0 atom stereocenters. The molecular formula is C16H17N3O3. The first-order valence-electron chi connectivity index (χ1n) is 7.11. The van der Waals surface area contributed by atoms with Crippen LogP contribution in [0.2, 0.25) is 0 Å². The summed E-state index contributed by atoms with van der Waals surface area (Å²) >= 11 is 0. The second kappa shape index (κ2) is 6.44. The van der Waals surface area contributed by atoms with Gasteiger partial charge in [-0.2, -0.15) is 0 Å². The predicted octanol–water partition coefficient (Wildman–Crippen LogP) is 1.88. The van der Waals surface area contributed by atoms with Crippen molar-refractivity contribution < 1.29 is 14.6 Å². The summed E-state index contributed by atoms with van der Waals surface area (Å²) in [5, 5.41) is 12.3. The number of para-hydroxylation sites is 2. The van der Waals surface area contributed by atoms with E-state index >= 15 is 0 Å². The Morgan fingerprint density at radius 2 is 2.00 bits per heavy atom. The van der Waals surface area contributed by atoms with Crippen molar-refractivity contribution in [2.75, 3.05) is 36.5 Å². The van der Waals surface area contributed by atoms with Crippen molar-refractivity contribution in [2.24, 2.45) is 0 Å². The number of pyridine rings is 1. The van der Waals surface area contributed by atoms with E-state index in [1.807, 2.05) is 24.3 Å². The number of aromatic nitrogens is 1. The number of nitrogens with one attached hydrogen (secondary N) is 1. The molecule has 0 aliphatic carbocycles. The maximum Gasteiger partial charge on any atom is 0.257 e. The van der Waals surface area contributed by atoms with E-state index in [9.17, 15) is 9.90 Å². The Morgan fingerprint density at radius 1 is 1.23 bits per heavy atom. The minimum Gasteiger partial charge on any atom is -0.506 e. The summed E-state index contributed by atoms with van der Waals surface area (Å²) in [4.78, 5) is 18.3. The van der Waals surface area contributed by atoms with Crippen molar-refractivity contribution in [2.45, 2.75) is 0 Å². The molecule has 1 saturated heterocycles. The van der Waals surface area contributed by atoms with Crippen LogP contribution in [0.15, 0.2) is 42.7 Å². The third-order valence-corrected chi connectivity index (χ3v) is 3.49. The summed E-state index contributed by atoms with van der Waals surface area (Å²) in [5.41, 5.74) is 2.02. The minimum absolute atomic E-state index is 0.0332. The highest BCUT2D eigenvalue weighted by Crippen LogP contribution is 2.27. The van der Waals surface area contributed by atoms with Crippen molar-refractivity contribution in [1.29, 1.82) is 0 Å². The Morgan fingerprint density at radius 3 is 2.77 bits per heavy atom. The molecule has 6 heteroatoms. The number of hydrogen-bond donors (Lipinski definition) is 2. The quantitative estimate of drug-likeness (QED) is 0.905. The summed E-state index contributed by atoms with van der Waals surface area (Å²) in [6.07, 6.45) is 2.71. The monoisotopic (exact) mass is 299 g/mol. The topological polar surface area (TPSA) is 74.7 Å². The molecule has 2 heterocycles. The van der Waals surface area contributed by atoms with E-state index in [-0.39, 0.29) is 11.7 Å². The van der Waals surface area contributed by atoms with Crippen molar-refractivity contribution in [3.05, 3.63) is 48.3 Å². The number of aromatic hydroxyl groups is 1. The van der Waals surface area contributed by atoms with Gasteiger partial charge in [0.2, 0.25) is 0 Å². The molecule has 0 saturated carbocycles. The summed E-state index contributed by atoms with van der Waals surface area (Å²) in [6, 6.07) is 9.04. The van der Waals surface area contributed by atoms with Gasteiger partial charge in [0.1, 0.15) is 5.75 Å². The van der Waals surface area contributed by atoms with E-state index in [2.05, 4.69) is 15.2 Å². The van der Waals surface area contributed by atoms with Crippen LogP contribution < -0.4 is 10.2 Å². The van der Waals surface area contributed by atoms with Gasteiger partial charge in [-0.15, -0.1) is 0 Å². The van der Waals surface area contributed by atoms with Gasteiger partial charge >= 0.3 is 0 Å². The second-order valence-corrected chi connectivity index (χ2v) is 5.00. The molecule has 6 nitrogen and oxygen atoms in total. The predicted molar refractivity (Wildman–Crippen MR) is 83.3 cm³/mol.